The van der Waals surface area contributed by atoms with Crippen molar-refractivity contribution in [3.05, 3.63) is 11.1 Å². The van der Waals surface area contributed by atoms with E-state index in [2.05, 4.69) is 10.4 Å². The highest BCUT2D eigenvalue weighted by molar-refractivity contribution is 7.13. The summed E-state index contributed by atoms with van der Waals surface area (Å²) in [4.78, 5) is 4.60. The van der Waals surface area contributed by atoms with Crippen LogP contribution in [0.1, 0.15) is 44.2 Å². The van der Waals surface area contributed by atoms with Gasteiger partial charge >= 0.3 is 0 Å². The van der Waals surface area contributed by atoms with E-state index in [0.717, 1.165) is 22.9 Å². The van der Waals surface area contributed by atoms with Gasteiger partial charge in [0, 0.05) is 10.8 Å². The molecule has 4 fully saturated rings. The van der Waals surface area contributed by atoms with E-state index in [-0.39, 0.29) is 12.4 Å². The van der Waals surface area contributed by atoms with E-state index in [9.17, 15) is 0 Å². The number of rotatable bonds is 1. The summed E-state index contributed by atoms with van der Waals surface area (Å²) in [5, 5.41) is 2.98. The Bertz CT molecular complexity index is 394. The number of hydrogen-bond donors (Lipinski definition) is 1. The van der Waals surface area contributed by atoms with Gasteiger partial charge in [-0.1, -0.05) is 0 Å². The first-order chi connectivity index (χ1) is 7.73. The van der Waals surface area contributed by atoms with Crippen LogP contribution in [0.2, 0.25) is 0 Å². The maximum absolute atomic E-state index is 5.80. The maximum Gasteiger partial charge on any atom is 0.180 e. The van der Waals surface area contributed by atoms with Crippen LogP contribution in [-0.2, 0) is 5.41 Å². The van der Waals surface area contributed by atoms with Gasteiger partial charge in [0.15, 0.2) is 5.13 Å². The van der Waals surface area contributed by atoms with E-state index in [0.29, 0.717) is 5.41 Å². The molecule has 0 amide bonds. The van der Waals surface area contributed by atoms with E-state index in [1.165, 1.54) is 44.2 Å². The molecule has 1 aromatic rings. The lowest BCUT2D eigenvalue weighted by atomic mass is 9.49. The second kappa shape index (κ2) is 3.86. The molecule has 0 spiro atoms. The fourth-order valence-corrected chi connectivity index (χ4v) is 5.64. The van der Waals surface area contributed by atoms with E-state index in [4.69, 9.17) is 5.73 Å². The lowest BCUT2D eigenvalue weighted by Crippen LogP contribution is -2.48. The van der Waals surface area contributed by atoms with Crippen molar-refractivity contribution in [1.29, 1.82) is 0 Å². The van der Waals surface area contributed by atoms with E-state index >= 15 is 0 Å². The molecule has 4 bridgehead atoms. The predicted octanol–water partition coefficient (Wildman–Crippen LogP) is 3.61. The van der Waals surface area contributed by atoms with Crippen molar-refractivity contribution in [3.63, 3.8) is 0 Å². The number of hydrogen-bond acceptors (Lipinski definition) is 3. The number of halogens is 1. The SMILES string of the molecule is Cl.Nc1nc(C23CC4CC(CC(C4)C2)C3)cs1. The van der Waals surface area contributed by atoms with Crippen LogP contribution in [0.25, 0.3) is 0 Å². The normalized spacial score (nSPS) is 42.5. The number of thiazole rings is 1. The molecule has 94 valence electrons. The lowest BCUT2D eigenvalue weighted by molar-refractivity contribution is -0.00688. The van der Waals surface area contributed by atoms with E-state index < -0.39 is 0 Å². The van der Waals surface area contributed by atoms with Crippen LogP contribution in [-0.4, -0.2) is 4.98 Å². The molecule has 4 heteroatoms. The molecule has 0 unspecified atom stereocenters. The summed E-state index contributed by atoms with van der Waals surface area (Å²) in [6.45, 7) is 0. The van der Waals surface area contributed by atoms with E-state index in [1.807, 2.05) is 0 Å². The third-order valence-electron chi connectivity index (χ3n) is 5.10. The molecule has 4 aliphatic rings. The number of nitrogens with two attached hydrogens (primary N) is 1. The van der Waals surface area contributed by atoms with Crippen molar-refractivity contribution in [2.24, 2.45) is 17.8 Å². The van der Waals surface area contributed by atoms with Crippen molar-refractivity contribution >= 4 is 28.9 Å². The quantitative estimate of drug-likeness (QED) is 0.847. The van der Waals surface area contributed by atoms with Gasteiger partial charge in [0.2, 0.25) is 0 Å². The third-order valence-corrected chi connectivity index (χ3v) is 5.78. The summed E-state index contributed by atoms with van der Waals surface area (Å²) in [6, 6.07) is 0. The average Bonchev–Trinajstić information content (AvgIpc) is 2.63. The van der Waals surface area contributed by atoms with Crippen molar-refractivity contribution in [2.45, 2.75) is 43.9 Å². The molecule has 0 saturated heterocycles. The number of nitrogen functional groups attached to an aromatic ring is 1. The molecule has 0 atom stereocenters. The molecule has 5 rings (SSSR count). The summed E-state index contributed by atoms with van der Waals surface area (Å²) >= 11 is 1.62. The molecular formula is C13H19ClN2S. The van der Waals surface area contributed by atoms with Crippen LogP contribution in [0.5, 0.6) is 0 Å². The Morgan fingerprint density at radius 1 is 1.12 bits per heavy atom. The highest BCUT2D eigenvalue weighted by Crippen LogP contribution is 2.60. The second-order valence-electron chi connectivity index (χ2n) is 6.27. The van der Waals surface area contributed by atoms with Crippen LogP contribution in [0.3, 0.4) is 0 Å². The summed E-state index contributed by atoms with van der Waals surface area (Å²) in [5.41, 5.74) is 7.57. The zero-order valence-corrected chi connectivity index (χ0v) is 11.5. The summed E-state index contributed by atoms with van der Waals surface area (Å²) in [6.07, 6.45) is 8.67. The molecule has 2 nitrogen and oxygen atoms in total. The fourth-order valence-electron chi connectivity index (χ4n) is 4.96. The molecule has 0 aliphatic heterocycles. The van der Waals surface area contributed by atoms with Crippen LogP contribution in [0, 0.1) is 17.8 Å². The van der Waals surface area contributed by atoms with E-state index in [1.54, 1.807) is 11.3 Å². The minimum atomic E-state index is 0. The average molecular weight is 271 g/mol. The minimum Gasteiger partial charge on any atom is -0.375 e. The van der Waals surface area contributed by atoms with Gasteiger partial charge in [0.05, 0.1) is 5.69 Å². The molecule has 4 saturated carbocycles. The first kappa shape index (κ1) is 11.8. The Morgan fingerprint density at radius 3 is 2.06 bits per heavy atom. The van der Waals surface area contributed by atoms with Gasteiger partial charge in [-0.15, -0.1) is 23.7 Å². The second-order valence-corrected chi connectivity index (χ2v) is 7.16. The summed E-state index contributed by atoms with van der Waals surface area (Å²) in [7, 11) is 0. The summed E-state index contributed by atoms with van der Waals surface area (Å²) < 4.78 is 0. The van der Waals surface area contributed by atoms with Gasteiger partial charge in [-0.3, -0.25) is 0 Å². The van der Waals surface area contributed by atoms with Gasteiger partial charge in [0.25, 0.3) is 0 Å². The number of nitrogens with zero attached hydrogens (tertiary/aromatic N) is 1. The van der Waals surface area contributed by atoms with Crippen molar-refractivity contribution in [2.75, 3.05) is 5.73 Å². The highest BCUT2D eigenvalue weighted by atomic mass is 35.5. The van der Waals surface area contributed by atoms with Gasteiger partial charge in [-0.25, -0.2) is 4.98 Å². The largest absolute Gasteiger partial charge is 0.375 e. The molecular weight excluding hydrogens is 252 g/mol. The Hall–Kier alpha value is -0.280. The van der Waals surface area contributed by atoms with Crippen molar-refractivity contribution < 1.29 is 0 Å². The highest BCUT2D eigenvalue weighted by Gasteiger charge is 2.52. The zero-order chi connectivity index (χ0) is 10.8. The smallest absolute Gasteiger partial charge is 0.180 e. The summed E-state index contributed by atoms with van der Waals surface area (Å²) in [5.74, 6) is 2.98. The van der Waals surface area contributed by atoms with Gasteiger partial charge in [-0.2, -0.15) is 0 Å². The van der Waals surface area contributed by atoms with Crippen LogP contribution >= 0.6 is 23.7 Å². The molecule has 17 heavy (non-hydrogen) atoms. The fraction of sp³-hybridized carbons (Fsp3) is 0.769. The molecule has 0 aromatic carbocycles. The Morgan fingerprint density at radius 2 is 1.65 bits per heavy atom. The number of aromatic nitrogens is 1. The van der Waals surface area contributed by atoms with Crippen molar-refractivity contribution in [1.82, 2.24) is 4.98 Å². The predicted molar refractivity (Wildman–Crippen MR) is 73.6 cm³/mol. The maximum atomic E-state index is 5.80. The molecule has 4 aliphatic carbocycles. The van der Waals surface area contributed by atoms with Gasteiger partial charge in [0.1, 0.15) is 0 Å². The third kappa shape index (κ3) is 1.70. The first-order valence-corrected chi connectivity index (χ1v) is 7.33. The molecule has 0 radical (unpaired) electrons. The van der Waals surface area contributed by atoms with Crippen molar-refractivity contribution in [3.8, 4) is 0 Å². The molecule has 1 aromatic heterocycles. The standard InChI is InChI=1S/C13H18N2S.ClH/c14-12-15-11(7-16-12)13-4-8-1-9(5-13)3-10(2-8)6-13;/h7-10H,1-6H2,(H2,14,15);1H. The van der Waals surface area contributed by atoms with Crippen LogP contribution in [0.15, 0.2) is 5.38 Å². The Labute approximate surface area is 112 Å². The molecule has 2 N–H and O–H groups in total. The first-order valence-electron chi connectivity index (χ1n) is 6.45. The Kier molecular flexibility index (Phi) is 2.67. The monoisotopic (exact) mass is 270 g/mol. The van der Waals surface area contributed by atoms with Gasteiger partial charge < -0.3 is 5.73 Å². The minimum absolute atomic E-state index is 0. The zero-order valence-electron chi connectivity index (χ0n) is 9.89. The van der Waals surface area contributed by atoms with Crippen LogP contribution in [0.4, 0.5) is 5.13 Å². The van der Waals surface area contributed by atoms with Crippen LogP contribution < -0.4 is 5.73 Å². The topological polar surface area (TPSA) is 38.9 Å². The Balaban J connectivity index is 0.000000902. The van der Waals surface area contributed by atoms with Gasteiger partial charge in [-0.05, 0) is 56.3 Å². The lowest BCUT2D eigenvalue weighted by Gasteiger charge is -2.56. The molecule has 1 heterocycles. The number of anilines is 1.